The summed E-state index contributed by atoms with van der Waals surface area (Å²) in [5, 5.41) is 11.7. The number of pyridine rings is 1. The zero-order chi connectivity index (χ0) is 14.8. The van der Waals surface area contributed by atoms with Gasteiger partial charge in [-0.2, -0.15) is 0 Å². The highest BCUT2D eigenvalue weighted by atomic mass is 16.4. The van der Waals surface area contributed by atoms with Gasteiger partial charge >= 0.3 is 0 Å². The maximum Gasteiger partial charge on any atom is 0.188 e. The van der Waals surface area contributed by atoms with Crippen molar-refractivity contribution in [2.45, 2.75) is 33.6 Å². The minimum absolute atomic E-state index is 0.0522. The van der Waals surface area contributed by atoms with E-state index in [0.717, 1.165) is 24.8 Å². The fraction of sp³-hybridized carbons (Fsp3) is 0.600. The summed E-state index contributed by atoms with van der Waals surface area (Å²) >= 11 is 0. The first-order valence-corrected chi connectivity index (χ1v) is 7.11. The van der Waals surface area contributed by atoms with Crippen LogP contribution in [-0.2, 0) is 0 Å². The fourth-order valence-electron chi connectivity index (χ4n) is 2.77. The highest BCUT2D eigenvalue weighted by Gasteiger charge is 2.29. The molecule has 20 heavy (non-hydrogen) atoms. The number of nitrogens with two attached hydrogens (primary N) is 1. The van der Waals surface area contributed by atoms with Crippen LogP contribution < -0.4 is 10.6 Å². The number of rotatable bonds is 2. The third-order valence-electron chi connectivity index (χ3n) is 4.15. The minimum atomic E-state index is 0.0522. The van der Waals surface area contributed by atoms with Crippen LogP contribution in [-0.4, -0.2) is 29.1 Å². The van der Waals surface area contributed by atoms with Crippen molar-refractivity contribution in [3.05, 3.63) is 23.9 Å². The second-order valence-electron chi connectivity index (χ2n) is 6.49. The number of anilines is 1. The summed E-state index contributed by atoms with van der Waals surface area (Å²) in [7, 11) is 0. The van der Waals surface area contributed by atoms with Gasteiger partial charge in [-0.05, 0) is 36.3 Å². The molecular weight excluding hydrogens is 252 g/mol. The monoisotopic (exact) mass is 276 g/mol. The number of amidine groups is 1. The Balaban J connectivity index is 2.08. The van der Waals surface area contributed by atoms with Crippen LogP contribution in [0.4, 0.5) is 5.82 Å². The van der Waals surface area contributed by atoms with E-state index in [2.05, 4.69) is 35.8 Å². The standard InChI is InChI=1S/C15H24N4O/c1-15(2,3)11-7-9-19(10-8-11)13-6-4-5-12(17-13)14(16)18-20/h4-6,11,20H,7-10H2,1-3H3,(H2,16,18). The molecule has 3 N–H and O–H groups in total. The third-order valence-corrected chi connectivity index (χ3v) is 4.15. The quantitative estimate of drug-likeness (QED) is 0.376. The van der Waals surface area contributed by atoms with Crippen LogP contribution in [0.15, 0.2) is 23.4 Å². The van der Waals surface area contributed by atoms with Gasteiger partial charge in [0.25, 0.3) is 0 Å². The predicted octanol–water partition coefficient (Wildman–Crippen LogP) is 2.44. The summed E-state index contributed by atoms with van der Waals surface area (Å²) in [5.74, 6) is 1.71. The van der Waals surface area contributed by atoms with E-state index in [0.29, 0.717) is 11.1 Å². The molecule has 1 fully saturated rings. The van der Waals surface area contributed by atoms with Crippen molar-refractivity contribution in [2.75, 3.05) is 18.0 Å². The lowest BCUT2D eigenvalue weighted by atomic mass is 9.75. The largest absolute Gasteiger partial charge is 0.409 e. The van der Waals surface area contributed by atoms with E-state index in [1.54, 1.807) is 6.07 Å². The topological polar surface area (TPSA) is 74.7 Å². The summed E-state index contributed by atoms with van der Waals surface area (Å²) in [6, 6.07) is 5.62. The second-order valence-corrected chi connectivity index (χ2v) is 6.49. The SMILES string of the molecule is CC(C)(C)C1CCN(c2cccc(C(N)=NO)n2)CC1. The molecule has 0 unspecified atom stereocenters. The van der Waals surface area contributed by atoms with Crippen molar-refractivity contribution < 1.29 is 5.21 Å². The second kappa shape index (κ2) is 5.69. The Morgan fingerprint density at radius 2 is 2.00 bits per heavy atom. The van der Waals surface area contributed by atoms with Crippen LogP contribution in [0.25, 0.3) is 0 Å². The molecule has 110 valence electrons. The van der Waals surface area contributed by atoms with Crippen LogP contribution in [0.3, 0.4) is 0 Å². The van der Waals surface area contributed by atoms with E-state index in [1.807, 2.05) is 12.1 Å². The van der Waals surface area contributed by atoms with E-state index in [9.17, 15) is 0 Å². The molecule has 1 saturated heterocycles. The van der Waals surface area contributed by atoms with Crippen molar-refractivity contribution in [1.29, 1.82) is 0 Å². The van der Waals surface area contributed by atoms with E-state index < -0.39 is 0 Å². The molecule has 0 aromatic carbocycles. The van der Waals surface area contributed by atoms with Crippen LogP contribution in [0.1, 0.15) is 39.3 Å². The molecule has 5 nitrogen and oxygen atoms in total. The molecular formula is C15H24N4O. The van der Waals surface area contributed by atoms with Gasteiger partial charge in [0.05, 0.1) is 0 Å². The number of oxime groups is 1. The molecule has 2 rings (SSSR count). The van der Waals surface area contributed by atoms with Crippen molar-refractivity contribution >= 4 is 11.7 Å². The molecule has 1 aliphatic heterocycles. The summed E-state index contributed by atoms with van der Waals surface area (Å²) in [4.78, 5) is 6.74. The zero-order valence-corrected chi connectivity index (χ0v) is 12.5. The Kier molecular flexibility index (Phi) is 4.16. The highest BCUT2D eigenvalue weighted by molar-refractivity contribution is 5.95. The molecule has 0 atom stereocenters. The van der Waals surface area contributed by atoms with E-state index >= 15 is 0 Å². The smallest absolute Gasteiger partial charge is 0.188 e. The molecule has 0 radical (unpaired) electrons. The molecule has 1 aliphatic rings. The van der Waals surface area contributed by atoms with Gasteiger partial charge in [0.1, 0.15) is 11.5 Å². The average molecular weight is 276 g/mol. The normalized spacial score (nSPS) is 18.4. The molecule has 5 heteroatoms. The number of piperidine rings is 1. The first-order chi connectivity index (χ1) is 9.41. The molecule has 0 saturated carbocycles. The lowest BCUT2D eigenvalue weighted by molar-refractivity contribution is 0.198. The predicted molar refractivity (Wildman–Crippen MR) is 81.1 cm³/mol. The summed E-state index contributed by atoms with van der Waals surface area (Å²) in [6.45, 7) is 8.95. The van der Waals surface area contributed by atoms with E-state index in [1.165, 1.54) is 12.8 Å². The lowest BCUT2D eigenvalue weighted by Crippen LogP contribution is -2.38. The van der Waals surface area contributed by atoms with Crippen molar-refractivity contribution in [1.82, 2.24) is 4.98 Å². The minimum Gasteiger partial charge on any atom is -0.409 e. The maximum atomic E-state index is 8.72. The first-order valence-electron chi connectivity index (χ1n) is 7.11. The Morgan fingerprint density at radius 1 is 1.35 bits per heavy atom. The molecule has 0 spiro atoms. The summed E-state index contributed by atoms with van der Waals surface area (Å²) < 4.78 is 0. The number of hydrogen-bond donors (Lipinski definition) is 2. The van der Waals surface area contributed by atoms with Crippen LogP contribution in [0.2, 0.25) is 0 Å². The number of nitrogens with zero attached hydrogens (tertiary/aromatic N) is 3. The van der Waals surface area contributed by atoms with Gasteiger partial charge in [0.15, 0.2) is 5.84 Å². The molecule has 0 aliphatic carbocycles. The molecule has 1 aromatic rings. The third kappa shape index (κ3) is 3.21. The Morgan fingerprint density at radius 3 is 2.55 bits per heavy atom. The van der Waals surface area contributed by atoms with Crippen molar-refractivity contribution in [2.24, 2.45) is 22.2 Å². The highest BCUT2D eigenvalue weighted by Crippen LogP contribution is 2.35. The number of aromatic nitrogens is 1. The van der Waals surface area contributed by atoms with Gasteiger partial charge < -0.3 is 15.8 Å². The lowest BCUT2D eigenvalue weighted by Gasteiger charge is -2.39. The fourth-order valence-corrected chi connectivity index (χ4v) is 2.77. The van der Waals surface area contributed by atoms with Crippen molar-refractivity contribution in [3.8, 4) is 0 Å². The first kappa shape index (κ1) is 14.6. The average Bonchev–Trinajstić information content (AvgIpc) is 2.46. The summed E-state index contributed by atoms with van der Waals surface area (Å²) in [5.41, 5.74) is 6.48. The van der Waals surface area contributed by atoms with Gasteiger partial charge in [0, 0.05) is 13.1 Å². The van der Waals surface area contributed by atoms with Gasteiger partial charge in [0.2, 0.25) is 0 Å². The van der Waals surface area contributed by atoms with Gasteiger partial charge in [-0.3, -0.25) is 0 Å². The van der Waals surface area contributed by atoms with Gasteiger partial charge in [-0.25, -0.2) is 4.98 Å². The Bertz CT molecular complexity index is 485. The number of hydrogen-bond acceptors (Lipinski definition) is 4. The van der Waals surface area contributed by atoms with Crippen LogP contribution >= 0.6 is 0 Å². The van der Waals surface area contributed by atoms with Crippen LogP contribution in [0, 0.1) is 11.3 Å². The van der Waals surface area contributed by atoms with E-state index in [4.69, 9.17) is 10.9 Å². The van der Waals surface area contributed by atoms with E-state index in [-0.39, 0.29) is 5.84 Å². The molecule has 2 heterocycles. The van der Waals surface area contributed by atoms with Gasteiger partial charge in [-0.15, -0.1) is 0 Å². The Labute approximate surface area is 120 Å². The summed E-state index contributed by atoms with van der Waals surface area (Å²) in [6.07, 6.45) is 2.36. The van der Waals surface area contributed by atoms with Crippen molar-refractivity contribution in [3.63, 3.8) is 0 Å². The maximum absolute atomic E-state index is 8.72. The zero-order valence-electron chi connectivity index (χ0n) is 12.5. The van der Waals surface area contributed by atoms with Crippen LogP contribution in [0.5, 0.6) is 0 Å². The molecule has 0 bridgehead atoms. The molecule has 0 amide bonds. The van der Waals surface area contributed by atoms with Gasteiger partial charge in [-0.1, -0.05) is 32.0 Å². The Hall–Kier alpha value is -1.78. The molecule has 1 aromatic heterocycles.